The van der Waals surface area contributed by atoms with Gasteiger partial charge >= 0.3 is 0 Å². The molecular formula is C9H12N4S. The molecule has 0 aliphatic heterocycles. The van der Waals surface area contributed by atoms with E-state index in [0.717, 1.165) is 5.82 Å². The molecule has 1 N–H and O–H groups in total. The van der Waals surface area contributed by atoms with Gasteiger partial charge in [0.2, 0.25) is 0 Å². The van der Waals surface area contributed by atoms with Crippen LogP contribution in [-0.4, -0.2) is 14.8 Å². The van der Waals surface area contributed by atoms with Crippen LogP contribution in [-0.2, 0) is 7.05 Å². The highest BCUT2D eigenvalue weighted by molar-refractivity contribution is 7.09. The maximum Gasteiger partial charge on any atom is 0.124 e. The van der Waals surface area contributed by atoms with Crippen molar-refractivity contribution in [2.75, 3.05) is 5.32 Å². The lowest BCUT2D eigenvalue weighted by atomic mass is 10.3. The Hall–Kier alpha value is -1.36. The molecule has 0 aromatic carbocycles. The van der Waals surface area contributed by atoms with E-state index >= 15 is 0 Å². The van der Waals surface area contributed by atoms with Crippen molar-refractivity contribution in [1.29, 1.82) is 0 Å². The first kappa shape index (κ1) is 9.21. The van der Waals surface area contributed by atoms with E-state index in [1.165, 1.54) is 4.88 Å². The van der Waals surface area contributed by atoms with Crippen LogP contribution in [0.25, 0.3) is 0 Å². The minimum Gasteiger partial charge on any atom is -0.363 e. The first-order chi connectivity index (χ1) is 6.77. The Morgan fingerprint density at radius 1 is 1.57 bits per heavy atom. The lowest BCUT2D eigenvalue weighted by Crippen LogP contribution is -2.08. The molecule has 0 fully saturated rings. The van der Waals surface area contributed by atoms with Gasteiger partial charge in [0.1, 0.15) is 5.82 Å². The maximum absolute atomic E-state index is 4.09. The molecular weight excluding hydrogens is 196 g/mol. The van der Waals surface area contributed by atoms with Gasteiger partial charge in [0, 0.05) is 24.2 Å². The maximum atomic E-state index is 4.09. The van der Waals surface area contributed by atoms with E-state index in [1.54, 1.807) is 17.5 Å². The van der Waals surface area contributed by atoms with Gasteiger partial charge in [-0.2, -0.15) is 5.10 Å². The summed E-state index contributed by atoms with van der Waals surface area (Å²) in [6, 6.07) is 2.23. The highest BCUT2D eigenvalue weighted by atomic mass is 32.1. The van der Waals surface area contributed by atoms with E-state index in [9.17, 15) is 0 Å². The smallest absolute Gasteiger partial charge is 0.124 e. The molecule has 2 rings (SSSR count). The summed E-state index contributed by atoms with van der Waals surface area (Å²) in [6.07, 6.45) is 3.67. The fraction of sp³-hybridized carbons (Fsp3) is 0.333. The number of hydrogen-bond donors (Lipinski definition) is 1. The zero-order chi connectivity index (χ0) is 9.97. The second-order valence-corrected chi connectivity index (χ2v) is 4.03. The topological polar surface area (TPSA) is 42.7 Å². The molecule has 1 atom stereocenters. The molecule has 1 unspecified atom stereocenters. The zero-order valence-corrected chi connectivity index (χ0v) is 8.95. The summed E-state index contributed by atoms with van der Waals surface area (Å²) in [6.45, 7) is 2.11. The Balaban J connectivity index is 2.09. The minimum atomic E-state index is 0.276. The van der Waals surface area contributed by atoms with Crippen LogP contribution in [0.2, 0.25) is 0 Å². The normalized spacial score (nSPS) is 12.7. The molecule has 0 bridgehead atoms. The second kappa shape index (κ2) is 3.79. The second-order valence-electron chi connectivity index (χ2n) is 3.11. The molecule has 74 valence electrons. The highest BCUT2D eigenvalue weighted by Crippen LogP contribution is 2.20. The summed E-state index contributed by atoms with van der Waals surface area (Å²) in [5.74, 6) is 1.02. The van der Waals surface area contributed by atoms with Gasteiger partial charge in [-0.1, -0.05) is 0 Å². The molecule has 0 amide bonds. The summed E-state index contributed by atoms with van der Waals surface area (Å²) in [5.41, 5.74) is 1.84. The van der Waals surface area contributed by atoms with E-state index < -0.39 is 0 Å². The number of nitrogens with zero attached hydrogens (tertiary/aromatic N) is 3. The van der Waals surface area contributed by atoms with E-state index in [1.807, 2.05) is 29.5 Å². The summed E-state index contributed by atoms with van der Waals surface area (Å²) >= 11 is 1.66. The number of rotatable bonds is 3. The molecule has 2 aromatic rings. The Kier molecular flexibility index (Phi) is 2.49. The van der Waals surface area contributed by atoms with E-state index in [0.29, 0.717) is 0 Å². The van der Waals surface area contributed by atoms with Gasteiger partial charge in [-0.05, 0) is 6.92 Å². The number of aryl methyl sites for hydroxylation is 1. The van der Waals surface area contributed by atoms with E-state index in [-0.39, 0.29) is 6.04 Å². The van der Waals surface area contributed by atoms with Crippen LogP contribution in [0.15, 0.2) is 24.0 Å². The SMILES string of the molecule is CC(Nc1ccnn1C)c1cncs1. The van der Waals surface area contributed by atoms with Gasteiger partial charge in [-0.15, -0.1) is 11.3 Å². The third-order valence-electron chi connectivity index (χ3n) is 2.06. The third-order valence-corrected chi connectivity index (χ3v) is 3.02. The van der Waals surface area contributed by atoms with Crippen LogP contribution < -0.4 is 5.32 Å². The van der Waals surface area contributed by atoms with Crippen molar-refractivity contribution in [3.05, 3.63) is 28.8 Å². The Bertz CT molecular complexity index is 393. The predicted molar refractivity (Wildman–Crippen MR) is 57.4 cm³/mol. The monoisotopic (exact) mass is 208 g/mol. The molecule has 0 spiro atoms. The first-order valence-electron chi connectivity index (χ1n) is 4.40. The van der Waals surface area contributed by atoms with E-state index in [2.05, 4.69) is 22.3 Å². The number of nitrogens with one attached hydrogen (secondary N) is 1. The molecule has 0 saturated heterocycles. The van der Waals surface area contributed by atoms with Crippen molar-refractivity contribution in [3.63, 3.8) is 0 Å². The summed E-state index contributed by atoms with van der Waals surface area (Å²) in [5, 5.41) is 7.46. The first-order valence-corrected chi connectivity index (χ1v) is 5.28. The van der Waals surface area contributed by atoms with Crippen molar-refractivity contribution >= 4 is 17.2 Å². The lowest BCUT2D eigenvalue weighted by Gasteiger charge is -2.12. The van der Waals surface area contributed by atoms with Crippen LogP contribution in [0, 0.1) is 0 Å². The molecule has 0 aliphatic rings. The molecule has 2 aromatic heterocycles. The predicted octanol–water partition coefficient (Wildman–Crippen LogP) is 2.05. The van der Waals surface area contributed by atoms with Crippen molar-refractivity contribution in [3.8, 4) is 0 Å². The Morgan fingerprint density at radius 3 is 3.00 bits per heavy atom. The number of anilines is 1. The number of hydrogen-bond acceptors (Lipinski definition) is 4. The van der Waals surface area contributed by atoms with Crippen LogP contribution in [0.3, 0.4) is 0 Å². The largest absolute Gasteiger partial charge is 0.363 e. The molecule has 14 heavy (non-hydrogen) atoms. The quantitative estimate of drug-likeness (QED) is 0.839. The summed E-state index contributed by atoms with van der Waals surface area (Å²) < 4.78 is 1.82. The van der Waals surface area contributed by atoms with Crippen molar-refractivity contribution in [2.45, 2.75) is 13.0 Å². The van der Waals surface area contributed by atoms with Crippen LogP contribution in [0.4, 0.5) is 5.82 Å². The van der Waals surface area contributed by atoms with Gasteiger partial charge in [0.15, 0.2) is 0 Å². The standard InChI is InChI=1S/C9H12N4S/c1-7(8-5-10-6-14-8)12-9-3-4-11-13(9)2/h3-7,12H,1-2H3. The average Bonchev–Trinajstić information content (AvgIpc) is 2.77. The molecule has 0 aliphatic carbocycles. The molecule has 0 saturated carbocycles. The fourth-order valence-corrected chi connectivity index (χ4v) is 1.88. The zero-order valence-electron chi connectivity index (χ0n) is 8.14. The lowest BCUT2D eigenvalue weighted by molar-refractivity contribution is 0.753. The van der Waals surface area contributed by atoms with Crippen LogP contribution in [0.5, 0.6) is 0 Å². The molecule has 0 radical (unpaired) electrons. The average molecular weight is 208 g/mol. The Morgan fingerprint density at radius 2 is 2.43 bits per heavy atom. The summed E-state index contributed by atoms with van der Waals surface area (Å²) in [4.78, 5) is 5.28. The number of aromatic nitrogens is 3. The number of thiazole rings is 1. The van der Waals surface area contributed by atoms with Gasteiger partial charge in [0.25, 0.3) is 0 Å². The van der Waals surface area contributed by atoms with Gasteiger partial charge < -0.3 is 5.32 Å². The van der Waals surface area contributed by atoms with Crippen molar-refractivity contribution in [2.24, 2.45) is 7.05 Å². The third kappa shape index (κ3) is 1.77. The fourth-order valence-electron chi connectivity index (χ4n) is 1.25. The minimum absolute atomic E-state index is 0.276. The van der Waals surface area contributed by atoms with Crippen molar-refractivity contribution < 1.29 is 0 Å². The van der Waals surface area contributed by atoms with Gasteiger partial charge in [0.05, 0.1) is 17.7 Å². The van der Waals surface area contributed by atoms with Gasteiger partial charge in [-0.3, -0.25) is 9.67 Å². The Labute approximate surface area is 86.6 Å². The molecule has 4 nitrogen and oxygen atoms in total. The van der Waals surface area contributed by atoms with Crippen LogP contribution >= 0.6 is 11.3 Å². The molecule has 2 heterocycles. The van der Waals surface area contributed by atoms with Crippen LogP contribution in [0.1, 0.15) is 17.8 Å². The molecule has 5 heteroatoms. The summed E-state index contributed by atoms with van der Waals surface area (Å²) in [7, 11) is 1.92. The highest BCUT2D eigenvalue weighted by Gasteiger charge is 2.08. The van der Waals surface area contributed by atoms with Gasteiger partial charge in [-0.25, -0.2) is 0 Å². The van der Waals surface area contributed by atoms with E-state index in [4.69, 9.17) is 0 Å². The van der Waals surface area contributed by atoms with Crippen molar-refractivity contribution in [1.82, 2.24) is 14.8 Å².